The highest BCUT2D eigenvalue weighted by molar-refractivity contribution is 5.73. The maximum absolute atomic E-state index is 11.3. The third-order valence-corrected chi connectivity index (χ3v) is 4.18. The van der Waals surface area contributed by atoms with Gasteiger partial charge in [0.1, 0.15) is 24.4 Å². The summed E-state index contributed by atoms with van der Waals surface area (Å²) in [6.07, 6.45) is -7.79. The normalized spacial score (nSPS) is 48.0. The fraction of sp³-hybridized carbons (Fsp3) is 0.929. The minimum absolute atomic E-state index is 0.0636. The minimum Gasteiger partial charge on any atom is -0.390 e. The predicted octanol–water partition coefficient (Wildman–Crippen LogP) is -2.17. The van der Waals surface area contributed by atoms with Gasteiger partial charge < -0.3 is 40.0 Å². The van der Waals surface area contributed by atoms with Crippen LogP contribution in [0.3, 0.4) is 0 Å². The number of rotatable bonds is 3. The molecule has 0 radical (unpaired) electrons. The van der Waals surface area contributed by atoms with Gasteiger partial charge in [-0.2, -0.15) is 0 Å². The number of ether oxygens (including phenoxy) is 3. The molecule has 0 spiro atoms. The first-order valence-electron chi connectivity index (χ1n) is 7.66. The summed E-state index contributed by atoms with van der Waals surface area (Å²) >= 11 is 0. The van der Waals surface area contributed by atoms with E-state index < -0.39 is 61.2 Å². The quantitative estimate of drug-likeness (QED) is 0.393. The molecule has 2 saturated heterocycles. The van der Waals surface area contributed by atoms with Gasteiger partial charge in [-0.3, -0.25) is 4.79 Å². The zero-order valence-corrected chi connectivity index (χ0v) is 13.3. The summed E-state index contributed by atoms with van der Waals surface area (Å²) in [5, 5.41) is 42.4. The van der Waals surface area contributed by atoms with Crippen molar-refractivity contribution in [3.63, 3.8) is 0 Å². The summed E-state index contributed by atoms with van der Waals surface area (Å²) in [6.45, 7) is 4.45. The molecule has 0 bridgehead atoms. The number of hydrogen-bond acceptors (Lipinski definition) is 8. The molecule has 9 atom stereocenters. The van der Waals surface area contributed by atoms with Crippen LogP contribution in [-0.2, 0) is 19.0 Å². The zero-order valence-electron chi connectivity index (χ0n) is 13.3. The van der Waals surface area contributed by atoms with Gasteiger partial charge >= 0.3 is 0 Å². The molecule has 5 N–H and O–H groups in total. The van der Waals surface area contributed by atoms with Crippen LogP contribution in [-0.4, -0.2) is 81.6 Å². The van der Waals surface area contributed by atoms with E-state index in [2.05, 4.69) is 5.32 Å². The Morgan fingerprint density at radius 3 is 2.35 bits per heavy atom. The number of hydrogen-bond donors (Lipinski definition) is 5. The maximum Gasteiger partial charge on any atom is 0.217 e. The molecule has 0 unspecified atom stereocenters. The molecular formula is C14H25NO8. The van der Waals surface area contributed by atoms with E-state index in [0.717, 1.165) is 0 Å². The highest BCUT2D eigenvalue weighted by Gasteiger charge is 2.47. The van der Waals surface area contributed by atoms with Crippen LogP contribution in [0.25, 0.3) is 0 Å². The lowest BCUT2D eigenvalue weighted by molar-refractivity contribution is -0.319. The Morgan fingerprint density at radius 2 is 1.74 bits per heavy atom. The largest absolute Gasteiger partial charge is 0.390 e. The van der Waals surface area contributed by atoms with Gasteiger partial charge in [0.05, 0.1) is 18.3 Å². The van der Waals surface area contributed by atoms with Gasteiger partial charge in [0, 0.05) is 13.3 Å². The summed E-state index contributed by atoms with van der Waals surface area (Å²) in [6, 6.07) is -1.02. The number of amides is 1. The smallest absolute Gasteiger partial charge is 0.217 e. The van der Waals surface area contributed by atoms with E-state index in [1.54, 1.807) is 13.8 Å². The Morgan fingerprint density at radius 1 is 1.09 bits per heavy atom. The molecule has 1 amide bonds. The standard InChI is InChI=1S/C14H25NO8/c1-5-8(17)4-9(18)14(22-5)23-12-10(15-7(3)16)13(20)21-6(2)11(12)19/h5-6,8-14,17-20H,4H2,1-3H3,(H,15,16)/t5-,6-,8+,9+,10-,11+,12-,13-,14+/m1/s1. The van der Waals surface area contributed by atoms with Crippen LogP contribution in [0.15, 0.2) is 0 Å². The van der Waals surface area contributed by atoms with Crippen molar-refractivity contribution in [3.8, 4) is 0 Å². The first-order valence-corrected chi connectivity index (χ1v) is 7.66. The van der Waals surface area contributed by atoms with E-state index in [0.29, 0.717) is 0 Å². The van der Waals surface area contributed by atoms with E-state index in [4.69, 9.17) is 14.2 Å². The molecule has 0 saturated carbocycles. The molecule has 2 rings (SSSR count). The van der Waals surface area contributed by atoms with Crippen LogP contribution in [0.2, 0.25) is 0 Å². The van der Waals surface area contributed by atoms with E-state index in [1.165, 1.54) is 6.92 Å². The van der Waals surface area contributed by atoms with Crippen molar-refractivity contribution < 1.29 is 39.4 Å². The van der Waals surface area contributed by atoms with E-state index >= 15 is 0 Å². The highest BCUT2D eigenvalue weighted by atomic mass is 16.7. The first-order chi connectivity index (χ1) is 10.7. The van der Waals surface area contributed by atoms with Gasteiger partial charge in [-0.1, -0.05) is 0 Å². The maximum atomic E-state index is 11.3. The number of carbonyl (C=O) groups is 1. The molecule has 9 nitrogen and oxygen atoms in total. The first kappa shape index (κ1) is 18.5. The molecule has 2 fully saturated rings. The third kappa shape index (κ3) is 4.18. The minimum atomic E-state index is -1.37. The summed E-state index contributed by atoms with van der Waals surface area (Å²) in [4.78, 5) is 11.3. The summed E-state index contributed by atoms with van der Waals surface area (Å²) in [5.74, 6) is -0.429. The van der Waals surface area contributed by atoms with Crippen LogP contribution < -0.4 is 5.32 Å². The molecule has 2 heterocycles. The molecule has 0 aromatic rings. The Hall–Kier alpha value is -0.810. The molecule has 2 aliphatic rings. The second kappa shape index (κ2) is 7.39. The van der Waals surface area contributed by atoms with Crippen molar-refractivity contribution in [2.24, 2.45) is 0 Å². The zero-order chi connectivity index (χ0) is 17.3. The Kier molecular flexibility index (Phi) is 5.95. The van der Waals surface area contributed by atoms with Crippen molar-refractivity contribution in [1.82, 2.24) is 5.32 Å². The average molecular weight is 335 g/mol. The van der Waals surface area contributed by atoms with Crippen LogP contribution in [0.1, 0.15) is 27.2 Å². The number of carbonyl (C=O) groups excluding carboxylic acids is 1. The van der Waals surface area contributed by atoms with Crippen LogP contribution in [0, 0.1) is 0 Å². The van der Waals surface area contributed by atoms with E-state index in [9.17, 15) is 25.2 Å². The van der Waals surface area contributed by atoms with Crippen LogP contribution >= 0.6 is 0 Å². The molecule has 9 heteroatoms. The van der Waals surface area contributed by atoms with Gasteiger partial charge in [-0.15, -0.1) is 0 Å². The monoisotopic (exact) mass is 335 g/mol. The van der Waals surface area contributed by atoms with E-state index in [1.807, 2.05) is 0 Å². The summed E-state index contributed by atoms with van der Waals surface area (Å²) in [5.41, 5.74) is 0. The lowest BCUT2D eigenvalue weighted by atomic mass is 9.96. The van der Waals surface area contributed by atoms with Crippen molar-refractivity contribution >= 4 is 5.91 Å². The predicted molar refractivity (Wildman–Crippen MR) is 76.0 cm³/mol. The fourth-order valence-corrected chi connectivity index (χ4v) is 2.80. The van der Waals surface area contributed by atoms with E-state index in [-0.39, 0.29) is 6.42 Å². The molecular weight excluding hydrogens is 310 g/mol. The summed E-state index contributed by atoms with van der Waals surface area (Å²) < 4.78 is 16.2. The van der Waals surface area contributed by atoms with Crippen LogP contribution in [0.5, 0.6) is 0 Å². The van der Waals surface area contributed by atoms with Crippen molar-refractivity contribution in [2.45, 2.75) is 82.4 Å². The Bertz CT molecular complexity index is 422. The SMILES string of the molecule is CC(=O)N[C@@H]1[C@@H](O[C@@H]2O[C@H](C)[C@@H](O)C[C@@H]2O)[C@@H](O)[C@@H](C)O[C@H]1O. The number of aliphatic hydroxyl groups is 4. The molecule has 0 aromatic heterocycles. The second-order valence-corrected chi connectivity index (χ2v) is 6.13. The average Bonchev–Trinajstić information content (AvgIpc) is 2.45. The van der Waals surface area contributed by atoms with Crippen molar-refractivity contribution in [2.75, 3.05) is 0 Å². The fourth-order valence-electron chi connectivity index (χ4n) is 2.80. The van der Waals surface area contributed by atoms with Gasteiger partial charge in [-0.05, 0) is 13.8 Å². The molecule has 134 valence electrons. The third-order valence-electron chi connectivity index (χ3n) is 4.18. The van der Waals surface area contributed by atoms with Crippen molar-refractivity contribution in [1.29, 1.82) is 0 Å². The number of nitrogens with one attached hydrogen (secondary N) is 1. The number of aliphatic hydroxyl groups excluding tert-OH is 4. The van der Waals surface area contributed by atoms with Gasteiger partial charge in [0.15, 0.2) is 12.6 Å². The molecule has 0 aromatic carbocycles. The highest BCUT2D eigenvalue weighted by Crippen LogP contribution is 2.28. The van der Waals surface area contributed by atoms with Crippen LogP contribution in [0.4, 0.5) is 0 Å². The topological polar surface area (TPSA) is 138 Å². The summed E-state index contributed by atoms with van der Waals surface area (Å²) in [7, 11) is 0. The van der Waals surface area contributed by atoms with Gasteiger partial charge in [0.2, 0.25) is 5.91 Å². The Labute approximate surface area is 134 Å². The lowest BCUT2D eigenvalue weighted by Gasteiger charge is -2.45. The lowest BCUT2D eigenvalue weighted by Crippen LogP contribution is -2.65. The van der Waals surface area contributed by atoms with Crippen molar-refractivity contribution in [3.05, 3.63) is 0 Å². The Balaban J connectivity index is 2.13. The van der Waals surface area contributed by atoms with Gasteiger partial charge in [0.25, 0.3) is 0 Å². The van der Waals surface area contributed by atoms with Gasteiger partial charge in [-0.25, -0.2) is 0 Å². The molecule has 23 heavy (non-hydrogen) atoms. The molecule has 0 aliphatic carbocycles. The second-order valence-electron chi connectivity index (χ2n) is 6.13. The molecule has 2 aliphatic heterocycles.